The van der Waals surface area contributed by atoms with Crippen LogP contribution in [0.5, 0.6) is 0 Å². The minimum Gasteiger partial charge on any atom is -0.390 e. The summed E-state index contributed by atoms with van der Waals surface area (Å²) in [6.45, 7) is 4.48. The Morgan fingerprint density at radius 2 is 2.28 bits per heavy atom. The lowest BCUT2D eigenvalue weighted by molar-refractivity contribution is -0.121. The van der Waals surface area contributed by atoms with Gasteiger partial charge in [-0.3, -0.25) is 14.4 Å². The number of likely N-dealkylation sites (tertiary alicyclic amines) is 1. The number of nitrogens with one attached hydrogen (secondary N) is 1. The second-order valence-corrected chi connectivity index (χ2v) is 6.63. The second kappa shape index (κ2) is 8.22. The second-order valence-electron chi connectivity index (χ2n) is 6.63. The molecule has 2 aromatic heterocycles. The molecule has 1 fully saturated rings. The summed E-state index contributed by atoms with van der Waals surface area (Å²) in [6.07, 6.45) is 4.86. The number of hydrogen-bond donors (Lipinski definition) is 2. The molecule has 1 aliphatic rings. The topological polar surface area (TPSA) is 83.3 Å². The molecule has 0 radical (unpaired) electrons. The van der Waals surface area contributed by atoms with Crippen molar-refractivity contribution in [3.05, 3.63) is 42.4 Å². The zero-order chi connectivity index (χ0) is 17.6. The number of aryl methyl sites for hydroxylation is 1. The summed E-state index contributed by atoms with van der Waals surface area (Å²) in [7, 11) is 0. The SMILES string of the molecule is Cc1cccc(NC(=O)[C@@H]2CCCN(C[C@H](O)Cn3cccn3)C2)n1. The number of amides is 1. The number of pyridine rings is 1. The van der Waals surface area contributed by atoms with Gasteiger partial charge in [-0.2, -0.15) is 5.10 Å². The average Bonchev–Trinajstić information content (AvgIpc) is 3.08. The zero-order valence-corrected chi connectivity index (χ0v) is 14.5. The first-order chi connectivity index (χ1) is 12.1. The first kappa shape index (κ1) is 17.6. The van der Waals surface area contributed by atoms with E-state index in [0.717, 1.165) is 25.1 Å². The highest BCUT2D eigenvalue weighted by molar-refractivity contribution is 5.91. The van der Waals surface area contributed by atoms with Crippen LogP contribution in [0.15, 0.2) is 36.7 Å². The zero-order valence-electron chi connectivity index (χ0n) is 14.5. The van der Waals surface area contributed by atoms with Crippen LogP contribution < -0.4 is 5.32 Å². The van der Waals surface area contributed by atoms with Crippen molar-refractivity contribution in [1.29, 1.82) is 0 Å². The minimum atomic E-state index is -0.500. The third kappa shape index (κ3) is 5.11. The highest BCUT2D eigenvalue weighted by Crippen LogP contribution is 2.19. The lowest BCUT2D eigenvalue weighted by atomic mass is 9.97. The normalized spacial score (nSPS) is 19.5. The number of carbonyl (C=O) groups excluding carboxylic acids is 1. The van der Waals surface area contributed by atoms with Gasteiger partial charge in [-0.15, -0.1) is 0 Å². The van der Waals surface area contributed by atoms with E-state index in [2.05, 4.69) is 20.3 Å². The van der Waals surface area contributed by atoms with E-state index in [1.807, 2.05) is 31.3 Å². The van der Waals surface area contributed by atoms with Gasteiger partial charge in [0.25, 0.3) is 0 Å². The summed E-state index contributed by atoms with van der Waals surface area (Å²) in [5.74, 6) is 0.526. The van der Waals surface area contributed by atoms with Gasteiger partial charge in [-0.1, -0.05) is 6.07 Å². The number of anilines is 1. The smallest absolute Gasteiger partial charge is 0.229 e. The number of aliphatic hydroxyl groups excluding tert-OH is 1. The summed E-state index contributed by atoms with van der Waals surface area (Å²) in [6, 6.07) is 7.43. The van der Waals surface area contributed by atoms with Crippen molar-refractivity contribution in [2.45, 2.75) is 32.4 Å². The summed E-state index contributed by atoms with van der Waals surface area (Å²) in [5, 5.41) is 17.3. The molecule has 1 saturated heterocycles. The van der Waals surface area contributed by atoms with Crippen LogP contribution in [-0.2, 0) is 11.3 Å². The van der Waals surface area contributed by atoms with Gasteiger partial charge in [0, 0.05) is 31.2 Å². The number of rotatable bonds is 6. The Morgan fingerprint density at radius 1 is 1.40 bits per heavy atom. The number of aliphatic hydroxyl groups is 1. The molecule has 2 N–H and O–H groups in total. The number of hydrogen-bond acceptors (Lipinski definition) is 5. The molecule has 0 aliphatic carbocycles. The average molecular weight is 343 g/mol. The monoisotopic (exact) mass is 343 g/mol. The molecule has 0 unspecified atom stereocenters. The Hall–Kier alpha value is -2.25. The fourth-order valence-electron chi connectivity index (χ4n) is 3.26. The number of aromatic nitrogens is 3. The fraction of sp³-hybridized carbons (Fsp3) is 0.500. The van der Waals surface area contributed by atoms with E-state index >= 15 is 0 Å². The van der Waals surface area contributed by atoms with E-state index < -0.39 is 6.10 Å². The molecule has 0 aromatic carbocycles. The van der Waals surface area contributed by atoms with Crippen LogP contribution in [0.2, 0.25) is 0 Å². The quantitative estimate of drug-likeness (QED) is 0.826. The number of carbonyl (C=O) groups is 1. The van der Waals surface area contributed by atoms with Gasteiger partial charge >= 0.3 is 0 Å². The number of piperidine rings is 1. The predicted molar refractivity (Wildman–Crippen MR) is 95.0 cm³/mol. The van der Waals surface area contributed by atoms with E-state index in [4.69, 9.17) is 0 Å². The molecule has 0 saturated carbocycles. The van der Waals surface area contributed by atoms with E-state index in [-0.39, 0.29) is 11.8 Å². The Balaban J connectivity index is 1.50. The van der Waals surface area contributed by atoms with Crippen LogP contribution in [0.25, 0.3) is 0 Å². The molecule has 1 amide bonds. The van der Waals surface area contributed by atoms with Gasteiger partial charge in [-0.25, -0.2) is 4.98 Å². The molecule has 25 heavy (non-hydrogen) atoms. The van der Waals surface area contributed by atoms with Crippen molar-refractivity contribution in [2.75, 3.05) is 25.0 Å². The van der Waals surface area contributed by atoms with Crippen molar-refractivity contribution in [3.63, 3.8) is 0 Å². The van der Waals surface area contributed by atoms with Crippen LogP contribution in [0.4, 0.5) is 5.82 Å². The first-order valence-electron chi connectivity index (χ1n) is 8.72. The molecular weight excluding hydrogens is 318 g/mol. The van der Waals surface area contributed by atoms with E-state index in [0.29, 0.717) is 25.5 Å². The lowest BCUT2D eigenvalue weighted by Crippen LogP contribution is -2.44. The summed E-state index contributed by atoms with van der Waals surface area (Å²) >= 11 is 0. The molecule has 2 aromatic rings. The Bertz CT molecular complexity index is 689. The third-order valence-corrected chi connectivity index (χ3v) is 4.44. The molecule has 7 heteroatoms. The van der Waals surface area contributed by atoms with Gasteiger partial charge in [0.15, 0.2) is 0 Å². The van der Waals surface area contributed by atoms with Crippen LogP contribution in [0.1, 0.15) is 18.5 Å². The van der Waals surface area contributed by atoms with Gasteiger partial charge in [0.1, 0.15) is 5.82 Å². The minimum absolute atomic E-state index is 0.00404. The van der Waals surface area contributed by atoms with Crippen molar-refractivity contribution in [3.8, 4) is 0 Å². The maximum Gasteiger partial charge on any atom is 0.229 e. The molecular formula is C18H25N5O2. The van der Waals surface area contributed by atoms with Gasteiger partial charge in [0.05, 0.1) is 18.6 Å². The summed E-state index contributed by atoms with van der Waals surface area (Å²) in [5.41, 5.74) is 0.879. The molecule has 3 rings (SSSR count). The molecule has 7 nitrogen and oxygen atoms in total. The van der Waals surface area contributed by atoms with E-state index in [1.165, 1.54) is 0 Å². The molecule has 1 aliphatic heterocycles. The predicted octanol–water partition coefficient (Wildman–Crippen LogP) is 1.30. The lowest BCUT2D eigenvalue weighted by Gasteiger charge is -2.33. The van der Waals surface area contributed by atoms with E-state index in [9.17, 15) is 9.90 Å². The van der Waals surface area contributed by atoms with E-state index in [1.54, 1.807) is 16.9 Å². The van der Waals surface area contributed by atoms with Crippen molar-refractivity contribution >= 4 is 11.7 Å². The highest BCUT2D eigenvalue weighted by Gasteiger charge is 2.27. The largest absolute Gasteiger partial charge is 0.390 e. The third-order valence-electron chi connectivity index (χ3n) is 4.44. The number of nitrogens with zero attached hydrogens (tertiary/aromatic N) is 4. The van der Waals surface area contributed by atoms with Gasteiger partial charge in [-0.05, 0) is 44.5 Å². The maximum atomic E-state index is 12.5. The first-order valence-corrected chi connectivity index (χ1v) is 8.72. The fourth-order valence-corrected chi connectivity index (χ4v) is 3.26. The molecule has 0 bridgehead atoms. The molecule has 134 valence electrons. The Kier molecular flexibility index (Phi) is 5.78. The van der Waals surface area contributed by atoms with Crippen molar-refractivity contribution in [1.82, 2.24) is 19.7 Å². The number of β-amino-alcohol motifs (C(OH)–C–C–N with tert-alkyl or cyclic N) is 1. The Morgan fingerprint density at radius 3 is 3.04 bits per heavy atom. The molecule has 0 spiro atoms. The van der Waals surface area contributed by atoms with Crippen LogP contribution in [-0.4, -0.2) is 56.4 Å². The van der Waals surface area contributed by atoms with Gasteiger partial charge < -0.3 is 10.4 Å². The molecule has 3 heterocycles. The van der Waals surface area contributed by atoms with Crippen molar-refractivity contribution in [2.24, 2.45) is 5.92 Å². The Labute approximate surface area is 147 Å². The summed E-state index contributed by atoms with van der Waals surface area (Å²) in [4.78, 5) is 19.0. The maximum absolute atomic E-state index is 12.5. The van der Waals surface area contributed by atoms with Crippen LogP contribution in [0, 0.1) is 12.8 Å². The van der Waals surface area contributed by atoms with Gasteiger partial charge in [0.2, 0.25) is 5.91 Å². The van der Waals surface area contributed by atoms with Crippen molar-refractivity contribution < 1.29 is 9.90 Å². The van der Waals surface area contributed by atoms with Crippen LogP contribution >= 0.6 is 0 Å². The standard InChI is InChI=1S/C18H25N5O2/c1-14-5-2-7-17(20-14)21-18(25)15-6-3-9-22(11-15)12-16(24)13-23-10-4-8-19-23/h2,4-5,7-8,10,15-16,24H,3,6,9,11-13H2,1H3,(H,20,21,25)/t15-,16+/m1/s1. The molecule has 2 atom stereocenters. The summed E-state index contributed by atoms with van der Waals surface area (Å²) < 4.78 is 1.72. The van der Waals surface area contributed by atoms with Crippen LogP contribution in [0.3, 0.4) is 0 Å². The highest BCUT2D eigenvalue weighted by atomic mass is 16.3.